The zero-order valence-electron chi connectivity index (χ0n) is 5.81. The Morgan fingerprint density at radius 2 is 2.50 bits per heavy atom. The van der Waals surface area contributed by atoms with Crippen molar-refractivity contribution >= 4 is 17.0 Å². The number of H-pyrrole nitrogens is 1. The Morgan fingerprint density at radius 3 is 3.00 bits per heavy atom. The average Bonchev–Trinajstić information content (AvgIpc) is 2.33. The van der Waals surface area contributed by atoms with Crippen LogP contribution in [-0.4, -0.2) is 30.0 Å². The van der Waals surface area contributed by atoms with Crippen molar-refractivity contribution in [2.75, 3.05) is 0 Å². The minimum atomic E-state index is -2.30. The summed E-state index contributed by atoms with van der Waals surface area (Å²) in [5, 5.41) is 14.1. The van der Waals surface area contributed by atoms with E-state index in [1.165, 1.54) is 6.20 Å². The van der Waals surface area contributed by atoms with Gasteiger partial charge in [-0.2, -0.15) is 5.10 Å². The number of carboxylic acid groups (broad SMARTS) is 1. The number of hydrogen-bond donors (Lipinski definition) is 2. The third-order valence-electron chi connectivity index (χ3n) is 1.21. The zero-order chi connectivity index (χ0) is 9.14. The molecule has 6 nitrogen and oxygen atoms in total. The lowest BCUT2D eigenvalue weighted by Crippen LogP contribution is -2.03. The summed E-state index contributed by atoms with van der Waals surface area (Å²) in [5.74, 6) is -1.55. The summed E-state index contributed by atoms with van der Waals surface area (Å²) in [7, 11) is 0. The van der Waals surface area contributed by atoms with Gasteiger partial charge >= 0.3 is 5.97 Å². The van der Waals surface area contributed by atoms with Crippen LogP contribution in [0.15, 0.2) is 6.20 Å². The Labute approximate surface area is 69.9 Å². The molecule has 66 valence electrons. The van der Waals surface area contributed by atoms with E-state index in [4.69, 9.17) is 5.11 Å². The monoisotopic (exact) mass is 189 g/mol. The molecule has 0 saturated heterocycles. The van der Waals surface area contributed by atoms with Crippen molar-refractivity contribution in [2.24, 2.45) is 0 Å². The van der Waals surface area contributed by atoms with Gasteiger partial charge in [0.1, 0.15) is 5.69 Å². The number of hydrogen-bond acceptors (Lipinski definition) is 4. The van der Waals surface area contributed by atoms with Crippen molar-refractivity contribution < 1.29 is 18.7 Å². The molecule has 1 atom stereocenters. The lowest BCUT2D eigenvalue weighted by Gasteiger charge is -2.02. The van der Waals surface area contributed by atoms with Crippen LogP contribution in [0.3, 0.4) is 0 Å². The Balaban J connectivity index is 2.91. The first-order chi connectivity index (χ1) is 5.61. The SMILES string of the molecule is O=C(O)c1[nH]ncc1CS(=O)[O-]. The van der Waals surface area contributed by atoms with Gasteiger partial charge in [-0.25, -0.2) is 4.79 Å². The van der Waals surface area contributed by atoms with E-state index in [1.807, 2.05) is 0 Å². The molecule has 0 aromatic carbocycles. The van der Waals surface area contributed by atoms with Crippen molar-refractivity contribution in [3.63, 3.8) is 0 Å². The predicted octanol–water partition coefficient (Wildman–Crippen LogP) is -0.513. The molecule has 0 aliphatic rings. The number of aromatic amines is 1. The van der Waals surface area contributed by atoms with Crippen LogP contribution in [0.25, 0.3) is 0 Å². The number of nitrogens with zero attached hydrogens (tertiary/aromatic N) is 1. The van der Waals surface area contributed by atoms with Crippen molar-refractivity contribution in [3.8, 4) is 0 Å². The van der Waals surface area contributed by atoms with Crippen LogP contribution in [0.2, 0.25) is 0 Å². The molecule has 0 saturated carbocycles. The van der Waals surface area contributed by atoms with Crippen LogP contribution >= 0.6 is 0 Å². The van der Waals surface area contributed by atoms with Crippen molar-refractivity contribution in [1.29, 1.82) is 0 Å². The van der Waals surface area contributed by atoms with Gasteiger partial charge in [-0.05, 0) is 0 Å². The molecule has 1 heterocycles. The first kappa shape index (κ1) is 8.88. The van der Waals surface area contributed by atoms with E-state index >= 15 is 0 Å². The van der Waals surface area contributed by atoms with Gasteiger partial charge in [0.2, 0.25) is 0 Å². The Hall–Kier alpha value is -1.21. The number of carbonyl (C=O) groups is 1. The van der Waals surface area contributed by atoms with Gasteiger partial charge in [0.05, 0.1) is 6.20 Å². The molecule has 1 aromatic heterocycles. The fourth-order valence-electron chi connectivity index (χ4n) is 0.733. The van der Waals surface area contributed by atoms with Gasteiger partial charge in [0.25, 0.3) is 0 Å². The molecule has 12 heavy (non-hydrogen) atoms. The Bertz CT molecular complexity index is 321. The molecule has 0 spiro atoms. The molecule has 2 N–H and O–H groups in total. The molecule has 0 aliphatic heterocycles. The van der Waals surface area contributed by atoms with E-state index in [9.17, 15) is 13.6 Å². The normalized spacial score (nSPS) is 12.8. The summed E-state index contributed by atoms with van der Waals surface area (Å²) in [6, 6.07) is 0. The van der Waals surface area contributed by atoms with Crippen molar-refractivity contribution in [1.82, 2.24) is 10.2 Å². The van der Waals surface area contributed by atoms with E-state index in [-0.39, 0.29) is 17.0 Å². The highest BCUT2D eigenvalue weighted by Crippen LogP contribution is 2.06. The van der Waals surface area contributed by atoms with Gasteiger partial charge in [0.15, 0.2) is 0 Å². The molecule has 0 fully saturated rings. The number of aromatic nitrogens is 2. The van der Waals surface area contributed by atoms with Gasteiger partial charge in [-0.3, -0.25) is 9.31 Å². The van der Waals surface area contributed by atoms with E-state index < -0.39 is 17.0 Å². The van der Waals surface area contributed by atoms with Crippen molar-refractivity contribution in [2.45, 2.75) is 5.75 Å². The Kier molecular flexibility index (Phi) is 2.56. The maximum Gasteiger partial charge on any atom is 0.354 e. The second-order valence-electron chi connectivity index (χ2n) is 2.02. The van der Waals surface area contributed by atoms with E-state index in [1.54, 1.807) is 0 Å². The fraction of sp³-hybridized carbons (Fsp3) is 0.200. The van der Waals surface area contributed by atoms with E-state index in [0.29, 0.717) is 0 Å². The number of nitrogens with one attached hydrogen (secondary N) is 1. The van der Waals surface area contributed by atoms with E-state index in [0.717, 1.165) is 0 Å². The molecule has 1 unspecified atom stereocenters. The summed E-state index contributed by atoms with van der Waals surface area (Å²) in [5.41, 5.74) is -0.0185. The summed E-state index contributed by atoms with van der Waals surface area (Å²) >= 11 is -2.30. The molecule has 1 rings (SSSR count). The second-order valence-corrected chi connectivity index (χ2v) is 2.92. The minimum Gasteiger partial charge on any atom is -0.772 e. The molecule has 0 aliphatic carbocycles. The van der Waals surface area contributed by atoms with Crippen LogP contribution in [-0.2, 0) is 16.8 Å². The highest BCUT2D eigenvalue weighted by atomic mass is 32.2. The first-order valence-corrected chi connectivity index (χ1v) is 4.17. The van der Waals surface area contributed by atoms with Gasteiger partial charge in [-0.15, -0.1) is 0 Å². The lowest BCUT2D eigenvalue weighted by atomic mass is 10.3. The summed E-state index contributed by atoms with van der Waals surface area (Å²) in [4.78, 5) is 10.4. The maximum atomic E-state index is 10.4. The van der Waals surface area contributed by atoms with Crippen LogP contribution in [0, 0.1) is 0 Å². The first-order valence-electron chi connectivity index (χ1n) is 2.92. The predicted molar refractivity (Wildman–Crippen MR) is 38.2 cm³/mol. The number of rotatable bonds is 3. The van der Waals surface area contributed by atoms with Crippen LogP contribution in [0.4, 0.5) is 0 Å². The van der Waals surface area contributed by atoms with Crippen LogP contribution in [0.5, 0.6) is 0 Å². The van der Waals surface area contributed by atoms with Crippen LogP contribution in [0.1, 0.15) is 16.1 Å². The molecule has 0 bridgehead atoms. The second kappa shape index (κ2) is 3.46. The Morgan fingerprint density at radius 1 is 1.83 bits per heavy atom. The molecule has 0 radical (unpaired) electrons. The number of carboxylic acids is 1. The molecular weight excluding hydrogens is 184 g/mol. The lowest BCUT2D eigenvalue weighted by molar-refractivity contribution is 0.0689. The molecule has 1 aromatic rings. The highest BCUT2D eigenvalue weighted by Gasteiger charge is 2.11. The summed E-state index contributed by atoms with van der Waals surface area (Å²) < 4.78 is 20.4. The maximum absolute atomic E-state index is 10.4. The van der Waals surface area contributed by atoms with Crippen LogP contribution < -0.4 is 0 Å². The molecular formula is C5H5N2O4S-. The van der Waals surface area contributed by atoms with Gasteiger partial charge in [-0.1, -0.05) is 11.1 Å². The molecule has 0 amide bonds. The highest BCUT2D eigenvalue weighted by molar-refractivity contribution is 7.78. The summed E-state index contributed by atoms with van der Waals surface area (Å²) in [6.45, 7) is 0. The van der Waals surface area contributed by atoms with Crippen molar-refractivity contribution in [3.05, 3.63) is 17.5 Å². The topological polar surface area (TPSA) is 106 Å². The largest absolute Gasteiger partial charge is 0.772 e. The zero-order valence-corrected chi connectivity index (χ0v) is 6.63. The standard InChI is InChI=1S/C5H6N2O4S/c8-5(9)4-3(1-6-7-4)2-12(10)11/h1H,2H2,(H,6,7)(H,8,9)(H,10,11)/p-1. The molecule has 7 heteroatoms. The smallest absolute Gasteiger partial charge is 0.354 e. The van der Waals surface area contributed by atoms with Gasteiger partial charge < -0.3 is 9.66 Å². The summed E-state index contributed by atoms with van der Waals surface area (Å²) in [6.07, 6.45) is 1.18. The number of aromatic carboxylic acids is 1. The minimum absolute atomic E-state index is 0.163. The van der Waals surface area contributed by atoms with Gasteiger partial charge in [0, 0.05) is 11.3 Å². The quantitative estimate of drug-likeness (QED) is 0.622. The fourth-order valence-corrected chi connectivity index (χ4v) is 1.21. The van der Waals surface area contributed by atoms with E-state index in [2.05, 4.69) is 10.2 Å². The average molecular weight is 189 g/mol. The third kappa shape index (κ3) is 1.89. The third-order valence-corrected chi connectivity index (χ3v) is 1.75.